The van der Waals surface area contributed by atoms with Crippen LogP contribution in [0.3, 0.4) is 0 Å². The van der Waals surface area contributed by atoms with Crippen LogP contribution in [0.5, 0.6) is 5.75 Å². The lowest BCUT2D eigenvalue weighted by Crippen LogP contribution is -2.68. The Labute approximate surface area is 160 Å². The summed E-state index contributed by atoms with van der Waals surface area (Å²) in [7, 11) is 0. The summed E-state index contributed by atoms with van der Waals surface area (Å²) in [5.74, 6) is 1.13. The number of carbonyl (C=O) groups excluding carboxylic acids is 2. The predicted octanol–water partition coefficient (Wildman–Crippen LogP) is 3.02. The van der Waals surface area contributed by atoms with Crippen molar-refractivity contribution >= 4 is 11.8 Å². The monoisotopic (exact) mass is 368 g/mol. The zero-order valence-corrected chi connectivity index (χ0v) is 16.3. The number of nitrogens with zero attached hydrogens (tertiary/aromatic N) is 2. The molecule has 0 bridgehead atoms. The second-order valence-corrected chi connectivity index (χ2v) is 9.25. The molecule has 5 heteroatoms. The highest BCUT2D eigenvalue weighted by Gasteiger charge is 2.55. The smallest absolute Gasteiger partial charge is 0.257 e. The maximum absolute atomic E-state index is 13.3. The van der Waals surface area contributed by atoms with Crippen molar-refractivity contribution in [3.8, 4) is 5.75 Å². The van der Waals surface area contributed by atoms with Crippen LogP contribution in [-0.4, -0.2) is 52.9 Å². The molecule has 5 nitrogen and oxygen atoms in total. The zero-order valence-electron chi connectivity index (χ0n) is 16.3. The van der Waals surface area contributed by atoms with Crippen molar-refractivity contribution in [1.82, 2.24) is 9.80 Å². The summed E-state index contributed by atoms with van der Waals surface area (Å²) in [5, 5.41) is 0. The van der Waals surface area contributed by atoms with Crippen LogP contribution >= 0.6 is 0 Å². The summed E-state index contributed by atoms with van der Waals surface area (Å²) in [4.78, 5) is 30.4. The number of carbonyl (C=O) groups is 2. The van der Waals surface area contributed by atoms with E-state index in [9.17, 15) is 9.59 Å². The topological polar surface area (TPSA) is 49.9 Å². The summed E-state index contributed by atoms with van der Waals surface area (Å²) in [6.45, 7) is 6.06. The van der Waals surface area contributed by atoms with E-state index in [1.54, 1.807) is 0 Å². The van der Waals surface area contributed by atoms with Gasteiger partial charge in [-0.3, -0.25) is 9.59 Å². The third-order valence-corrected chi connectivity index (χ3v) is 7.14. The standard InChI is InChI=1S/C22H28N2O3/c1-15-13-16-5-3-6-17(18(16)27-15)19(25)23-11-12-24(20(26)21(2)9-10-21)22(14-23)7-4-8-22/h3,5-6,15H,4,7-14H2,1-2H3. The third-order valence-electron chi connectivity index (χ3n) is 7.14. The number of hydrogen-bond acceptors (Lipinski definition) is 3. The van der Waals surface area contributed by atoms with E-state index in [1.165, 1.54) is 0 Å². The largest absolute Gasteiger partial charge is 0.489 e. The molecule has 1 aromatic carbocycles. The molecule has 144 valence electrons. The molecule has 4 aliphatic rings. The highest BCUT2D eigenvalue weighted by Crippen LogP contribution is 2.50. The lowest BCUT2D eigenvalue weighted by atomic mass is 9.73. The van der Waals surface area contributed by atoms with Crippen molar-refractivity contribution < 1.29 is 14.3 Å². The molecule has 1 unspecified atom stereocenters. The Kier molecular flexibility index (Phi) is 3.62. The third kappa shape index (κ3) is 2.58. The highest BCUT2D eigenvalue weighted by atomic mass is 16.5. The first-order valence-corrected chi connectivity index (χ1v) is 10.3. The number of amides is 2. The molecule has 0 N–H and O–H groups in total. The van der Waals surface area contributed by atoms with Gasteiger partial charge in [-0.15, -0.1) is 0 Å². The molecular formula is C22H28N2O3. The van der Waals surface area contributed by atoms with Gasteiger partial charge >= 0.3 is 0 Å². The number of benzene rings is 1. The van der Waals surface area contributed by atoms with Crippen molar-refractivity contribution in [2.75, 3.05) is 19.6 Å². The minimum absolute atomic E-state index is 0.0527. The molecule has 1 atom stereocenters. The van der Waals surface area contributed by atoms with Crippen molar-refractivity contribution in [2.45, 2.75) is 64.0 Å². The zero-order chi connectivity index (χ0) is 18.8. The van der Waals surface area contributed by atoms with E-state index >= 15 is 0 Å². The second-order valence-electron chi connectivity index (χ2n) is 9.25. The number of ether oxygens (including phenoxy) is 1. The molecule has 2 saturated carbocycles. The van der Waals surface area contributed by atoms with Crippen LogP contribution in [0, 0.1) is 5.41 Å². The Balaban J connectivity index is 1.38. The maximum atomic E-state index is 13.3. The Bertz CT molecular complexity index is 810. The van der Waals surface area contributed by atoms with Crippen molar-refractivity contribution in [3.05, 3.63) is 29.3 Å². The molecule has 0 radical (unpaired) electrons. The van der Waals surface area contributed by atoms with Crippen LogP contribution in [0.1, 0.15) is 61.9 Å². The number of para-hydroxylation sites is 1. The lowest BCUT2D eigenvalue weighted by Gasteiger charge is -2.56. The van der Waals surface area contributed by atoms with Crippen LogP contribution in [0.4, 0.5) is 0 Å². The number of hydrogen-bond donors (Lipinski definition) is 0. The van der Waals surface area contributed by atoms with Crippen LogP contribution in [0.2, 0.25) is 0 Å². The van der Waals surface area contributed by atoms with Gasteiger partial charge in [-0.1, -0.05) is 19.1 Å². The molecule has 0 aromatic heterocycles. The van der Waals surface area contributed by atoms with Crippen LogP contribution in [-0.2, 0) is 11.2 Å². The van der Waals surface area contributed by atoms with E-state index in [-0.39, 0.29) is 23.0 Å². The van der Waals surface area contributed by atoms with Crippen LogP contribution in [0.25, 0.3) is 0 Å². The van der Waals surface area contributed by atoms with Crippen LogP contribution in [0.15, 0.2) is 18.2 Å². The van der Waals surface area contributed by atoms with E-state index in [0.717, 1.165) is 49.8 Å². The molecule has 2 aliphatic carbocycles. The van der Waals surface area contributed by atoms with Gasteiger partial charge in [-0.2, -0.15) is 0 Å². The molecule has 1 spiro atoms. The average molecular weight is 368 g/mol. The predicted molar refractivity (Wildman–Crippen MR) is 102 cm³/mol. The molecule has 2 heterocycles. The first-order chi connectivity index (χ1) is 12.9. The summed E-state index contributed by atoms with van der Waals surface area (Å²) >= 11 is 0. The first kappa shape index (κ1) is 17.1. The number of piperazine rings is 1. The molecule has 1 aromatic rings. The fraction of sp³-hybridized carbons (Fsp3) is 0.636. The van der Waals surface area contributed by atoms with Crippen molar-refractivity contribution in [1.29, 1.82) is 0 Å². The summed E-state index contributed by atoms with van der Waals surface area (Å²) in [6.07, 6.45) is 6.17. The van der Waals surface area contributed by atoms with Gasteiger partial charge in [0.05, 0.1) is 11.1 Å². The number of rotatable bonds is 2. The maximum Gasteiger partial charge on any atom is 0.257 e. The van der Waals surface area contributed by atoms with E-state index < -0.39 is 0 Å². The fourth-order valence-corrected chi connectivity index (χ4v) is 4.98. The minimum Gasteiger partial charge on any atom is -0.489 e. The second kappa shape index (κ2) is 5.73. The average Bonchev–Trinajstić information content (AvgIpc) is 3.27. The summed E-state index contributed by atoms with van der Waals surface area (Å²) < 4.78 is 5.94. The van der Waals surface area contributed by atoms with Gasteiger partial charge in [0.25, 0.3) is 5.91 Å². The van der Waals surface area contributed by atoms with Gasteiger partial charge < -0.3 is 14.5 Å². The molecule has 27 heavy (non-hydrogen) atoms. The van der Waals surface area contributed by atoms with Gasteiger partial charge in [0.1, 0.15) is 11.9 Å². The van der Waals surface area contributed by atoms with Gasteiger partial charge in [0, 0.05) is 31.5 Å². The van der Waals surface area contributed by atoms with E-state index in [4.69, 9.17) is 4.74 Å². The molecular weight excluding hydrogens is 340 g/mol. The molecule has 2 aliphatic heterocycles. The Morgan fingerprint density at radius 2 is 1.93 bits per heavy atom. The molecule has 2 amide bonds. The summed E-state index contributed by atoms with van der Waals surface area (Å²) in [5.41, 5.74) is 1.53. The quantitative estimate of drug-likeness (QED) is 0.806. The Hall–Kier alpha value is -2.04. The van der Waals surface area contributed by atoms with E-state index in [2.05, 4.69) is 17.9 Å². The highest BCUT2D eigenvalue weighted by molar-refractivity contribution is 5.98. The normalized spacial score (nSPS) is 27.0. The van der Waals surface area contributed by atoms with Crippen molar-refractivity contribution in [3.63, 3.8) is 0 Å². The Morgan fingerprint density at radius 3 is 2.59 bits per heavy atom. The van der Waals surface area contributed by atoms with E-state index in [0.29, 0.717) is 31.1 Å². The SMILES string of the molecule is CC1Cc2cccc(C(=O)N3CCN(C(=O)C4(C)CC4)C4(CCC4)C3)c2O1. The summed E-state index contributed by atoms with van der Waals surface area (Å²) in [6, 6.07) is 5.89. The molecule has 3 fully saturated rings. The van der Waals surface area contributed by atoms with Crippen LogP contribution < -0.4 is 4.74 Å². The van der Waals surface area contributed by atoms with Gasteiger partial charge in [-0.05, 0) is 50.7 Å². The number of fused-ring (bicyclic) bond motifs is 1. The fourth-order valence-electron chi connectivity index (χ4n) is 4.98. The van der Waals surface area contributed by atoms with Gasteiger partial charge in [-0.25, -0.2) is 0 Å². The molecule has 1 saturated heterocycles. The van der Waals surface area contributed by atoms with Gasteiger partial charge in [0.2, 0.25) is 5.91 Å². The lowest BCUT2D eigenvalue weighted by molar-refractivity contribution is -0.152. The Morgan fingerprint density at radius 1 is 1.15 bits per heavy atom. The minimum atomic E-state index is -0.140. The molecule has 5 rings (SSSR count). The van der Waals surface area contributed by atoms with Gasteiger partial charge in [0.15, 0.2) is 0 Å². The van der Waals surface area contributed by atoms with Crippen molar-refractivity contribution in [2.24, 2.45) is 5.41 Å². The first-order valence-electron chi connectivity index (χ1n) is 10.3. The van der Waals surface area contributed by atoms with E-state index in [1.807, 2.05) is 24.0 Å².